The molecule has 3 nitrogen and oxygen atoms in total. The van der Waals surface area contributed by atoms with Gasteiger partial charge in [-0.05, 0) is 18.6 Å². The minimum absolute atomic E-state index is 0. The molecule has 0 bridgehead atoms. The van der Waals surface area contributed by atoms with Crippen molar-refractivity contribution >= 4 is 16.7 Å². The number of fused-ring (bicyclic) bond motifs is 1. The summed E-state index contributed by atoms with van der Waals surface area (Å²) >= 11 is 0. The van der Waals surface area contributed by atoms with Crippen LogP contribution in [0.15, 0.2) is 60.7 Å². The minimum Gasteiger partial charge on any atom is -0.545 e. The Balaban J connectivity index is 0.000000397. The third kappa shape index (κ3) is 5.08. The molecule has 3 heteroatoms. The van der Waals surface area contributed by atoms with E-state index in [4.69, 9.17) is 0 Å². The zero-order chi connectivity index (χ0) is 14.8. The highest BCUT2D eigenvalue weighted by atomic mass is 16.4. The molecule has 0 aromatic heterocycles. The highest BCUT2D eigenvalue weighted by Crippen LogP contribution is 2.16. The molecule has 0 atom stereocenters. The second kappa shape index (κ2) is 8.67. The Hall–Kier alpha value is -2.39. The summed E-state index contributed by atoms with van der Waals surface area (Å²) < 4.78 is 0. The molecule has 0 aliphatic rings. The van der Waals surface area contributed by atoms with E-state index in [9.17, 15) is 9.90 Å². The summed E-state index contributed by atoms with van der Waals surface area (Å²) in [5, 5.41) is 12.1. The number of carboxylic acids is 1. The average molecular weight is 269 g/mol. The van der Waals surface area contributed by atoms with E-state index in [0.29, 0.717) is 0 Å². The molecule has 0 unspecified atom stereocenters. The van der Waals surface area contributed by atoms with E-state index in [-0.39, 0.29) is 1.43 Å². The zero-order valence-corrected chi connectivity index (χ0v) is 11.5. The van der Waals surface area contributed by atoms with Crippen molar-refractivity contribution in [3.63, 3.8) is 0 Å². The average Bonchev–Trinajstić information content (AvgIpc) is 2.47. The number of quaternary nitrogens is 1. The molecule has 2 rings (SSSR count). The number of aliphatic carboxylic acids is 1. The van der Waals surface area contributed by atoms with Crippen molar-refractivity contribution in [2.45, 2.75) is 13.5 Å². The molecule has 2 aromatic carbocycles. The number of carboxylic acid groups (broad SMARTS) is 1. The van der Waals surface area contributed by atoms with Crippen LogP contribution in [-0.2, 0) is 11.3 Å². The van der Waals surface area contributed by atoms with E-state index >= 15 is 0 Å². The minimum atomic E-state index is -1.16. The molecule has 0 spiro atoms. The van der Waals surface area contributed by atoms with Crippen LogP contribution in [0.2, 0.25) is 0 Å². The Bertz CT molecular complexity index is 616. The number of carbonyl (C=O) groups excluding carboxylic acids is 1. The van der Waals surface area contributed by atoms with Crippen LogP contribution in [0.5, 0.6) is 0 Å². The molecule has 0 saturated carbocycles. The first-order chi connectivity index (χ1) is 9.69. The van der Waals surface area contributed by atoms with Crippen molar-refractivity contribution in [2.24, 2.45) is 0 Å². The Morgan fingerprint density at radius 3 is 2.80 bits per heavy atom. The monoisotopic (exact) mass is 269 g/mol. The van der Waals surface area contributed by atoms with Gasteiger partial charge in [0.05, 0.1) is 12.5 Å². The fourth-order valence-corrected chi connectivity index (χ4v) is 1.68. The van der Waals surface area contributed by atoms with Crippen molar-refractivity contribution in [1.82, 2.24) is 0 Å². The van der Waals surface area contributed by atoms with Crippen LogP contribution in [0, 0.1) is 6.07 Å². The molecule has 0 aliphatic carbocycles. The smallest absolute Gasteiger partial charge is 0.545 e. The summed E-state index contributed by atoms with van der Waals surface area (Å²) in [5.74, 6) is -1.16. The lowest BCUT2D eigenvalue weighted by Crippen LogP contribution is -2.47. The first kappa shape index (κ1) is 15.7. The molecule has 20 heavy (non-hydrogen) atoms. The number of hydrogen-bond donors (Lipinski definition) is 1. The largest absolute Gasteiger partial charge is 1.00 e. The van der Waals surface area contributed by atoms with E-state index < -0.39 is 5.97 Å². The molecular formula is C17H19NO2. The van der Waals surface area contributed by atoms with Gasteiger partial charge in [0.2, 0.25) is 0 Å². The van der Waals surface area contributed by atoms with Crippen molar-refractivity contribution in [3.8, 4) is 0 Å². The summed E-state index contributed by atoms with van der Waals surface area (Å²) in [7, 11) is 0. The lowest BCUT2D eigenvalue weighted by molar-refractivity contribution is -0.386. The number of hydrogen-bond acceptors (Lipinski definition) is 2. The van der Waals surface area contributed by atoms with Gasteiger partial charge in [0.25, 0.3) is 0 Å². The van der Waals surface area contributed by atoms with Crippen molar-refractivity contribution < 1.29 is 17.1 Å². The number of carbonyl (C=O) groups is 1. The van der Waals surface area contributed by atoms with Gasteiger partial charge in [-0.3, -0.25) is 0 Å². The van der Waals surface area contributed by atoms with Crippen molar-refractivity contribution in [3.05, 3.63) is 72.3 Å². The maximum Gasteiger partial charge on any atom is 1.00 e. The molecule has 2 aromatic rings. The Morgan fingerprint density at radius 2 is 2.15 bits per heavy atom. The predicted octanol–water partition coefficient (Wildman–Crippen LogP) is 1.36. The normalized spacial score (nSPS) is 10.7. The molecule has 0 saturated heterocycles. The van der Waals surface area contributed by atoms with Crippen LogP contribution in [0.25, 0.3) is 10.8 Å². The van der Waals surface area contributed by atoms with Gasteiger partial charge < -0.3 is 15.6 Å². The molecule has 0 amide bonds. The maximum absolute atomic E-state index is 9.64. The van der Waals surface area contributed by atoms with E-state index in [2.05, 4.69) is 36.1 Å². The quantitative estimate of drug-likeness (QED) is 0.519. The predicted molar refractivity (Wildman–Crippen MR) is 79.4 cm³/mol. The van der Waals surface area contributed by atoms with E-state index in [1.807, 2.05) is 12.1 Å². The summed E-state index contributed by atoms with van der Waals surface area (Å²) in [4.78, 5) is 9.64. The first-order valence-electron chi connectivity index (χ1n) is 6.37. The molecule has 0 fully saturated rings. The van der Waals surface area contributed by atoms with E-state index in [0.717, 1.165) is 12.6 Å². The van der Waals surface area contributed by atoms with Gasteiger partial charge in [-0.25, -0.2) is 0 Å². The van der Waals surface area contributed by atoms with Crippen LogP contribution in [0.1, 0.15) is 13.9 Å². The Morgan fingerprint density at radius 1 is 1.35 bits per heavy atom. The summed E-state index contributed by atoms with van der Waals surface area (Å²) in [5.41, 5.74) is 5.19. The fourth-order valence-electron chi connectivity index (χ4n) is 1.68. The third-order valence-electron chi connectivity index (χ3n) is 2.60. The molecule has 104 valence electrons. The molecule has 0 radical (unpaired) electrons. The molecule has 0 heterocycles. The zero-order valence-electron chi connectivity index (χ0n) is 12.5. The fraction of sp³-hybridized carbons (Fsp3) is 0.118. The molecule has 0 aliphatic heterocycles. The summed E-state index contributed by atoms with van der Waals surface area (Å²) in [6.45, 7) is 2.65. The second-order valence-corrected chi connectivity index (χ2v) is 4.00. The van der Waals surface area contributed by atoms with Crippen LogP contribution in [-0.4, -0.2) is 5.97 Å². The topological polar surface area (TPSA) is 67.8 Å². The molecular weight excluding hydrogens is 250 g/mol. The summed E-state index contributed by atoms with van der Waals surface area (Å²) in [6.07, 6.45) is 5.74. The maximum atomic E-state index is 9.64. The van der Waals surface area contributed by atoms with E-state index in [1.165, 1.54) is 22.4 Å². The third-order valence-corrected chi connectivity index (χ3v) is 2.60. The Kier molecular flexibility index (Phi) is 6.79. The first-order valence-corrected chi connectivity index (χ1v) is 6.37. The SMILES string of the molecule is C/C=C/C=C/C(=O)[O-].[H+].[NH3+]Cc1cccc2[c-]cccc12. The van der Waals surface area contributed by atoms with Crippen molar-refractivity contribution in [1.29, 1.82) is 0 Å². The van der Waals surface area contributed by atoms with Crippen LogP contribution < -0.4 is 10.8 Å². The van der Waals surface area contributed by atoms with Gasteiger partial charge in [-0.2, -0.15) is 0 Å². The highest BCUT2D eigenvalue weighted by Gasteiger charge is 1.91. The molecule has 3 N–H and O–H groups in total. The lowest BCUT2D eigenvalue weighted by Gasteiger charge is -2.07. The van der Waals surface area contributed by atoms with Crippen LogP contribution >= 0.6 is 0 Å². The van der Waals surface area contributed by atoms with Crippen molar-refractivity contribution in [2.75, 3.05) is 0 Å². The van der Waals surface area contributed by atoms with Gasteiger partial charge in [0.1, 0.15) is 0 Å². The second-order valence-electron chi connectivity index (χ2n) is 4.00. The van der Waals surface area contributed by atoms with Gasteiger partial charge in [-0.15, -0.1) is 41.8 Å². The number of benzene rings is 2. The summed E-state index contributed by atoms with van der Waals surface area (Å²) in [6, 6.07) is 15.5. The van der Waals surface area contributed by atoms with Gasteiger partial charge in [0.15, 0.2) is 0 Å². The Labute approximate surface area is 120 Å². The standard InChI is InChI=1S/C11H10N.C6H8O2/c12-8-10-6-3-5-9-4-1-2-7-11(9)10;1-2-3-4-5-6(7)8/h1-3,5-7H,8,12H2;2-5H,1H3,(H,7,8)/q-1;/p+1/b;3-2+,5-4+. The highest BCUT2D eigenvalue weighted by molar-refractivity contribution is 5.84. The van der Waals surface area contributed by atoms with Gasteiger partial charge in [-0.1, -0.05) is 29.7 Å². The van der Waals surface area contributed by atoms with Crippen LogP contribution in [0.3, 0.4) is 0 Å². The van der Waals surface area contributed by atoms with E-state index in [1.54, 1.807) is 19.1 Å². The lowest BCUT2D eigenvalue weighted by atomic mass is 10.1. The van der Waals surface area contributed by atoms with Gasteiger partial charge in [0, 0.05) is 0 Å². The number of rotatable bonds is 3. The number of allylic oxidation sites excluding steroid dienone is 3. The van der Waals surface area contributed by atoms with Gasteiger partial charge >= 0.3 is 1.43 Å². The van der Waals surface area contributed by atoms with Crippen LogP contribution in [0.4, 0.5) is 0 Å².